The van der Waals surface area contributed by atoms with Gasteiger partial charge in [-0.15, -0.1) is 5.10 Å². The molecule has 8 nitrogen and oxygen atoms in total. The molecule has 0 spiro atoms. The first kappa shape index (κ1) is 14.5. The molecule has 2 rings (SSSR count). The molecular formula is C10H10ClN5O3S. The van der Waals surface area contributed by atoms with Crippen LogP contribution in [0.2, 0.25) is 5.15 Å². The molecule has 0 aliphatic rings. The van der Waals surface area contributed by atoms with E-state index in [1.807, 2.05) is 6.92 Å². The molecule has 0 saturated heterocycles. The number of hydrogen-bond donors (Lipinski definition) is 1. The molecule has 2 heterocycles. The molecule has 2 aromatic rings. The highest BCUT2D eigenvalue weighted by atomic mass is 35.5. The number of halogens is 1. The highest BCUT2D eigenvalue weighted by molar-refractivity contribution is 7.99. The van der Waals surface area contributed by atoms with Crippen LogP contribution in [0.4, 0.5) is 5.69 Å². The Hall–Kier alpha value is -1.87. The summed E-state index contributed by atoms with van der Waals surface area (Å²) in [6.45, 7) is 2.43. The summed E-state index contributed by atoms with van der Waals surface area (Å²) < 4.78 is 1.44. The second-order valence-electron chi connectivity index (χ2n) is 3.81. The summed E-state index contributed by atoms with van der Waals surface area (Å²) in [5, 5.41) is 17.7. The van der Waals surface area contributed by atoms with Gasteiger partial charge in [0.2, 0.25) is 0 Å². The van der Waals surface area contributed by atoms with E-state index in [1.165, 1.54) is 10.6 Å². The average molecular weight is 316 g/mol. The summed E-state index contributed by atoms with van der Waals surface area (Å²) in [5.41, 5.74) is -0.488. The predicted octanol–water partition coefficient (Wildman–Crippen LogP) is 2.09. The van der Waals surface area contributed by atoms with Crippen LogP contribution in [0.25, 0.3) is 0 Å². The Labute approximate surface area is 122 Å². The molecule has 0 unspecified atom stereocenters. The smallest absolute Gasteiger partial charge is 0.270 e. The summed E-state index contributed by atoms with van der Waals surface area (Å²) in [4.78, 5) is 25.7. The van der Waals surface area contributed by atoms with E-state index in [9.17, 15) is 14.9 Å². The monoisotopic (exact) mass is 315 g/mol. The van der Waals surface area contributed by atoms with Gasteiger partial charge in [0.25, 0.3) is 5.69 Å². The zero-order chi connectivity index (χ0) is 14.7. The van der Waals surface area contributed by atoms with E-state index < -0.39 is 4.92 Å². The predicted molar refractivity (Wildman–Crippen MR) is 73.2 cm³/mol. The fourth-order valence-corrected chi connectivity index (χ4v) is 2.65. The summed E-state index contributed by atoms with van der Waals surface area (Å²) in [6, 6.07) is 2.45. The molecule has 106 valence electrons. The summed E-state index contributed by atoms with van der Waals surface area (Å²) in [6.07, 6.45) is 0.760. The maximum Gasteiger partial charge on any atom is 0.343 e. The van der Waals surface area contributed by atoms with E-state index in [0.717, 1.165) is 24.2 Å². The molecular weight excluding hydrogens is 306 g/mol. The molecule has 0 aliphatic heterocycles. The van der Waals surface area contributed by atoms with Gasteiger partial charge in [0.15, 0.2) is 5.16 Å². The number of nitrogens with zero attached hydrogens (tertiary/aromatic N) is 4. The Morgan fingerprint density at radius 3 is 2.95 bits per heavy atom. The van der Waals surface area contributed by atoms with Gasteiger partial charge in [-0.3, -0.25) is 14.7 Å². The minimum absolute atomic E-state index is 0.0154. The van der Waals surface area contributed by atoms with Crippen LogP contribution in [0.3, 0.4) is 0 Å². The molecule has 10 heteroatoms. The van der Waals surface area contributed by atoms with Gasteiger partial charge in [-0.2, -0.15) is 0 Å². The van der Waals surface area contributed by atoms with Crippen molar-refractivity contribution in [1.82, 2.24) is 19.7 Å². The first-order valence-corrected chi connectivity index (χ1v) is 6.85. The first-order chi connectivity index (χ1) is 9.51. The zero-order valence-electron chi connectivity index (χ0n) is 10.4. The molecule has 1 N–H and O–H groups in total. The van der Waals surface area contributed by atoms with E-state index >= 15 is 0 Å². The van der Waals surface area contributed by atoms with E-state index in [-0.39, 0.29) is 16.5 Å². The van der Waals surface area contributed by atoms with E-state index in [0.29, 0.717) is 16.7 Å². The van der Waals surface area contributed by atoms with Crippen molar-refractivity contribution >= 4 is 29.1 Å². The molecule has 0 saturated carbocycles. The second kappa shape index (κ2) is 6.06. The first-order valence-electron chi connectivity index (χ1n) is 5.66. The molecule has 20 heavy (non-hydrogen) atoms. The summed E-state index contributed by atoms with van der Waals surface area (Å²) in [5.74, 6) is 0. The lowest BCUT2D eigenvalue weighted by molar-refractivity contribution is -0.385. The Morgan fingerprint density at radius 2 is 2.30 bits per heavy atom. The van der Waals surface area contributed by atoms with Gasteiger partial charge in [0, 0.05) is 12.6 Å². The lowest BCUT2D eigenvalue weighted by atomic mass is 10.4. The number of rotatable bonds is 5. The average Bonchev–Trinajstić information content (AvgIpc) is 2.71. The van der Waals surface area contributed by atoms with Gasteiger partial charge < -0.3 is 0 Å². The summed E-state index contributed by atoms with van der Waals surface area (Å²) in [7, 11) is 0. The van der Waals surface area contributed by atoms with Crippen molar-refractivity contribution in [3.05, 3.63) is 37.9 Å². The Morgan fingerprint density at radius 1 is 1.55 bits per heavy atom. The van der Waals surface area contributed by atoms with Crippen LogP contribution in [0.15, 0.2) is 27.1 Å². The van der Waals surface area contributed by atoms with Gasteiger partial charge in [0.05, 0.1) is 11.0 Å². The molecule has 0 aromatic carbocycles. The molecule has 0 aliphatic carbocycles. The van der Waals surface area contributed by atoms with Crippen LogP contribution in [0, 0.1) is 10.1 Å². The van der Waals surface area contributed by atoms with Crippen LogP contribution in [0.5, 0.6) is 0 Å². The number of H-pyrrole nitrogens is 1. The third kappa shape index (κ3) is 3.17. The highest BCUT2D eigenvalue weighted by Crippen LogP contribution is 2.28. The van der Waals surface area contributed by atoms with Crippen molar-refractivity contribution in [3.63, 3.8) is 0 Å². The van der Waals surface area contributed by atoms with Crippen LogP contribution >= 0.6 is 23.4 Å². The van der Waals surface area contributed by atoms with Crippen LogP contribution in [-0.4, -0.2) is 24.7 Å². The zero-order valence-corrected chi connectivity index (χ0v) is 11.9. The number of nitro groups is 1. The Bertz CT molecular complexity index is 698. The number of pyridine rings is 1. The van der Waals surface area contributed by atoms with Gasteiger partial charge in [-0.25, -0.2) is 14.9 Å². The normalized spacial score (nSPS) is 10.7. The largest absolute Gasteiger partial charge is 0.343 e. The maximum atomic E-state index is 11.5. The lowest BCUT2D eigenvalue weighted by Gasteiger charge is -2.03. The Kier molecular flexibility index (Phi) is 4.40. The fourth-order valence-electron chi connectivity index (χ4n) is 1.51. The SMILES string of the molecule is CCCn1c(Sc2cc([N+](=O)[O-])cc(Cl)n2)n[nH]c1=O. The maximum absolute atomic E-state index is 11.5. The van der Waals surface area contributed by atoms with Crippen molar-refractivity contribution < 1.29 is 4.92 Å². The van der Waals surface area contributed by atoms with Gasteiger partial charge >= 0.3 is 5.69 Å². The van der Waals surface area contributed by atoms with Gasteiger partial charge in [0.1, 0.15) is 10.2 Å². The number of nitrogens with one attached hydrogen (secondary N) is 1. The van der Waals surface area contributed by atoms with Crippen LogP contribution < -0.4 is 5.69 Å². The van der Waals surface area contributed by atoms with Crippen molar-refractivity contribution in [2.24, 2.45) is 0 Å². The number of aromatic amines is 1. The minimum Gasteiger partial charge on any atom is -0.270 e. The second-order valence-corrected chi connectivity index (χ2v) is 5.18. The summed E-state index contributed by atoms with van der Waals surface area (Å²) >= 11 is 6.78. The molecule has 0 atom stereocenters. The third-order valence-corrected chi connectivity index (χ3v) is 3.44. The lowest BCUT2D eigenvalue weighted by Crippen LogP contribution is -2.17. The standard InChI is InChI=1S/C10H10ClN5O3S/c1-2-3-15-9(17)13-14-10(15)20-8-5-6(16(18)19)4-7(11)12-8/h4-5H,2-3H2,1H3,(H,13,17). The van der Waals surface area contributed by atoms with Gasteiger partial charge in [-0.1, -0.05) is 18.5 Å². The highest BCUT2D eigenvalue weighted by Gasteiger charge is 2.15. The van der Waals surface area contributed by atoms with Gasteiger partial charge in [-0.05, 0) is 18.2 Å². The molecule has 0 fully saturated rings. The number of hydrogen-bond acceptors (Lipinski definition) is 6. The van der Waals surface area contributed by atoms with Crippen molar-refractivity contribution in [2.75, 3.05) is 0 Å². The molecule has 0 radical (unpaired) electrons. The van der Waals surface area contributed by atoms with E-state index in [4.69, 9.17) is 11.6 Å². The van der Waals surface area contributed by atoms with Crippen molar-refractivity contribution in [2.45, 2.75) is 30.1 Å². The topological polar surface area (TPSA) is 107 Å². The van der Waals surface area contributed by atoms with E-state index in [1.54, 1.807) is 0 Å². The van der Waals surface area contributed by atoms with Crippen LogP contribution in [0.1, 0.15) is 13.3 Å². The fraction of sp³-hybridized carbons (Fsp3) is 0.300. The molecule has 0 amide bonds. The third-order valence-electron chi connectivity index (χ3n) is 2.33. The molecule has 0 bridgehead atoms. The van der Waals surface area contributed by atoms with E-state index in [2.05, 4.69) is 15.2 Å². The van der Waals surface area contributed by atoms with Crippen molar-refractivity contribution in [1.29, 1.82) is 0 Å². The van der Waals surface area contributed by atoms with Crippen LogP contribution in [-0.2, 0) is 6.54 Å². The van der Waals surface area contributed by atoms with Crippen molar-refractivity contribution in [3.8, 4) is 0 Å². The molecule has 2 aromatic heterocycles. The number of aromatic nitrogens is 4. The minimum atomic E-state index is -0.554. The quantitative estimate of drug-likeness (QED) is 0.514. The Balaban J connectivity index is 2.35.